The molecule has 0 aliphatic carbocycles. The SMILES string of the molecule is CCc1cccc(CC)c1N(C)C(=O)NC(N(C)C)=[N+](C)C. The van der Waals surface area contributed by atoms with Crippen LogP contribution in [0.4, 0.5) is 10.5 Å². The van der Waals surface area contributed by atoms with Crippen molar-refractivity contribution in [2.24, 2.45) is 0 Å². The van der Waals surface area contributed by atoms with Crippen LogP contribution < -0.4 is 10.2 Å². The maximum Gasteiger partial charge on any atom is 0.386 e. The summed E-state index contributed by atoms with van der Waals surface area (Å²) < 4.78 is 1.89. The molecule has 0 atom stereocenters. The van der Waals surface area contributed by atoms with E-state index in [0.29, 0.717) is 0 Å². The zero-order chi connectivity index (χ0) is 16.9. The van der Waals surface area contributed by atoms with E-state index in [2.05, 4.69) is 37.4 Å². The highest BCUT2D eigenvalue weighted by Crippen LogP contribution is 2.26. The molecule has 0 saturated carbocycles. The molecule has 1 aromatic rings. The van der Waals surface area contributed by atoms with Crippen molar-refractivity contribution >= 4 is 17.7 Å². The molecule has 0 saturated heterocycles. The molecule has 0 aromatic heterocycles. The number of rotatable bonds is 3. The van der Waals surface area contributed by atoms with Gasteiger partial charge in [0.05, 0.1) is 33.9 Å². The molecule has 0 heterocycles. The van der Waals surface area contributed by atoms with Gasteiger partial charge in [-0.2, -0.15) is 5.32 Å². The van der Waals surface area contributed by atoms with E-state index in [1.54, 1.807) is 4.90 Å². The highest BCUT2D eigenvalue weighted by Gasteiger charge is 2.23. The summed E-state index contributed by atoms with van der Waals surface area (Å²) in [5.74, 6) is 0.754. The third-order valence-electron chi connectivity index (χ3n) is 3.67. The average Bonchev–Trinajstić information content (AvgIpc) is 2.49. The first-order valence-electron chi connectivity index (χ1n) is 7.70. The maximum atomic E-state index is 12.6. The first-order chi connectivity index (χ1) is 10.3. The second kappa shape index (κ2) is 7.82. The summed E-state index contributed by atoms with van der Waals surface area (Å²) in [5.41, 5.74) is 3.39. The minimum absolute atomic E-state index is 0.131. The van der Waals surface area contributed by atoms with Crippen LogP contribution in [-0.2, 0) is 12.8 Å². The summed E-state index contributed by atoms with van der Waals surface area (Å²) in [4.78, 5) is 16.2. The van der Waals surface area contributed by atoms with Gasteiger partial charge in [-0.15, -0.1) is 0 Å². The van der Waals surface area contributed by atoms with Gasteiger partial charge in [-0.05, 0) is 24.0 Å². The van der Waals surface area contributed by atoms with Crippen LogP contribution in [0.15, 0.2) is 18.2 Å². The quantitative estimate of drug-likeness (QED) is 0.528. The van der Waals surface area contributed by atoms with Crippen LogP contribution in [0.5, 0.6) is 0 Å². The Kier molecular flexibility index (Phi) is 6.40. The van der Waals surface area contributed by atoms with Crippen molar-refractivity contribution in [3.8, 4) is 0 Å². The maximum absolute atomic E-state index is 12.6. The molecule has 1 N–H and O–H groups in total. The molecule has 5 heteroatoms. The Balaban J connectivity index is 3.13. The molecular formula is C17H29N4O+. The molecule has 122 valence electrons. The van der Waals surface area contributed by atoms with E-state index in [1.165, 1.54) is 11.1 Å². The van der Waals surface area contributed by atoms with E-state index in [0.717, 1.165) is 24.5 Å². The fraction of sp³-hybridized carbons (Fsp3) is 0.529. The standard InChI is InChI=1S/C17H28N4O/c1-8-13-11-10-12-14(9-2)15(13)21(7)17(22)18-16(19(3)4)20(5)6/h10-12H,8-9H2,1-7H3/p+1. The van der Waals surface area contributed by atoms with Crippen LogP contribution >= 0.6 is 0 Å². The molecule has 22 heavy (non-hydrogen) atoms. The molecular weight excluding hydrogens is 276 g/mol. The van der Waals surface area contributed by atoms with Crippen LogP contribution in [0.25, 0.3) is 0 Å². The Labute approximate surface area is 134 Å². The minimum atomic E-state index is -0.131. The molecule has 1 aromatic carbocycles. The van der Waals surface area contributed by atoms with Crippen molar-refractivity contribution in [1.29, 1.82) is 0 Å². The van der Waals surface area contributed by atoms with Crippen molar-refractivity contribution in [1.82, 2.24) is 10.2 Å². The monoisotopic (exact) mass is 305 g/mol. The number of benzene rings is 1. The fourth-order valence-electron chi connectivity index (χ4n) is 2.55. The average molecular weight is 305 g/mol. The molecule has 5 nitrogen and oxygen atoms in total. The van der Waals surface area contributed by atoms with Crippen LogP contribution in [-0.4, -0.2) is 56.7 Å². The Hall–Kier alpha value is -2.04. The fourth-order valence-corrected chi connectivity index (χ4v) is 2.55. The number of amides is 2. The second-order valence-corrected chi connectivity index (χ2v) is 5.73. The topological polar surface area (TPSA) is 38.6 Å². The molecule has 2 amide bonds. The van der Waals surface area contributed by atoms with E-state index < -0.39 is 0 Å². The van der Waals surface area contributed by atoms with Crippen LogP contribution in [0.1, 0.15) is 25.0 Å². The third kappa shape index (κ3) is 4.00. The normalized spacial score (nSPS) is 10.1. The smallest absolute Gasteiger partial charge is 0.284 e. The van der Waals surface area contributed by atoms with Crippen molar-refractivity contribution < 1.29 is 9.37 Å². The Morgan fingerprint density at radius 2 is 1.59 bits per heavy atom. The van der Waals surface area contributed by atoms with Gasteiger partial charge in [-0.25, -0.2) is 4.79 Å². The van der Waals surface area contributed by atoms with E-state index >= 15 is 0 Å². The molecule has 0 fully saturated rings. The number of hydrogen-bond donors (Lipinski definition) is 1. The molecule has 0 bridgehead atoms. The van der Waals surface area contributed by atoms with Gasteiger partial charge in [0.2, 0.25) is 0 Å². The largest absolute Gasteiger partial charge is 0.386 e. The number of hydrogen-bond acceptors (Lipinski definition) is 1. The lowest BCUT2D eigenvalue weighted by atomic mass is 10.0. The second-order valence-electron chi connectivity index (χ2n) is 5.73. The number of para-hydroxylation sites is 1. The lowest BCUT2D eigenvalue weighted by Crippen LogP contribution is -2.49. The van der Waals surface area contributed by atoms with Crippen molar-refractivity contribution in [3.05, 3.63) is 29.3 Å². The molecule has 0 radical (unpaired) electrons. The lowest BCUT2D eigenvalue weighted by molar-refractivity contribution is -0.471. The zero-order valence-corrected chi connectivity index (χ0v) is 14.9. The van der Waals surface area contributed by atoms with Crippen molar-refractivity contribution in [2.45, 2.75) is 26.7 Å². The van der Waals surface area contributed by atoms with Gasteiger partial charge in [0.15, 0.2) is 0 Å². The van der Waals surface area contributed by atoms with Gasteiger partial charge in [-0.3, -0.25) is 14.4 Å². The summed E-state index contributed by atoms with van der Waals surface area (Å²) in [7, 11) is 9.46. The first kappa shape index (κ1) is 18.0. The molecule has 0 aliphatic heterocycles. The number of nitrogens with one attached hydrogen (secondary N) is 1. The Morgan fingerprint density at radius 1 is 1.09 bits per heavy atom. The van der Waals surface area contributed by atoms with E-state index in [9.17, 15) is 4.79 Å². The summed E-state index contributed by atoms with van der Waals surface area (Å²) in [5, 5.41) is 2.97. The summed E-state index contributed by atoms with van der Waals surface area (Å²) in [6.45, 7) is 4.22. The lowest BCUT2D eigenvalue weighted by Gasteiger charge is -2.23. The third-order valence-corrected chi connectivity index (χ3v) is 3.67. The summed E-state index contributed by atoms with van der Waals surface area (Å²) in [6.07, 6.45) is 1.80. The first-order valence-corrected chi connectivity index (χ1v) is 7.70. The number of carbonyl (C=O) groups excluding carboxylic acids is 1. The highest BCUT2D eigenvalue weighted by atomic mass is 16.2. The summed E-state index contributed by atoms with van der Waals surface area (Å²) >= 11 is 0. The Morgan fingerprint density at radius 3 is 1.95 bits per heavy atom. The molecule has 0 aliphatic rings. The number of carbonyl (C=O) groups is 1. The number of urea groups is 1. The zero-order valence-electron chi connectivity index (χ0n) is 14.9. The van der Waals surface area contributed by atoms with Crippen LogP contribution in [0.2, 0.25) is 0 Å². The van der Waals surface area contributed by atoms with Gasteiger partial charge < -0.3 is 0 Å². The van der Waals surface area contributed by atoms with Crippen molar-refractivity contribution in [3.63, 3.8) is 0 Å². The predicted molar refractivity (Wildman–Crippen MR) is 92.9 cm³/mol. The van der Waals surface area contributed by atoms with Gasteiger partial charge >= 0.3 is 12.0 Å². The minimum Gasteiger partial charge on any atom is -0.284 e. The van der Waals surface area contributed by atoms with Crippen LogP contribution in [0, 0.1) is 0 Å². The van der Waals surface area contributed by atoms with Gasteiger partial charge in [0, 0.05) is 7.05 Å². The number of guanidine groups is 1. The number of nitrogens with zero attached hydrogens (tertiary/aromatic N) is 3. The van der Waals surface area contributed by atoms with Gasteiger partial charge in [0.25, 0.3) is 0 Å². The molecule has 0 spiro atoms. The molecule has 1 rings (SSSR count). The van der Waals surface area contributed by atoms with E-state index in [1.807, 2.05) is 44.7 Å². The number of aryl methyl sites for hydroxylation is 2. The van der Waals surface area contributed by atoms with Crippen molar-refractivity contribution in [2.75, 3.05) is 40.1 Å². The van der Waals surface area contributed by atoms with E-state index in [-0.39, 0.29) is 6.03 Å². The van der Waals surface area contributed by atoms with Gasteiger partial charge in [-0.1, -0.05) is 32.0 Å². The van der Waals surface area contributed by atoms with Gasteiger partial charge in [0.1, 0.15) is 0 Å². The number of anilines is 1. The summed E-state index contributed by atoms with van der Waals surface area (Å²) in [6, 6.07) is 6.10. The Bertz CT molecular complexity index is 538. The highest BCUT2D eigenvalue weighted by molar-refractivity contribution is 6.02. The van der Waals surface area contributed by atoms with Crippen LogP contribution in [0.3, 0.4) is 0 Å². The van der Waals surface area contributed by atoms with E-state index in [4.69, 9.17) is 0 Å². The molecule has 0 unspecified atom stereocenters. The predicted octanol–water partition coefficient (Wildman–Crippen LogP) is 2.15.